The highest BCUT2D eigenvalue weighted by molar-refractivity contribution is 5.48. The molecule has 0 radical (unpaired) electrons. The molecule has 4 nitrogen and oxygen atoms in total. The lowest BCUT2D eigenvalue weighted by molar-refractivity contribution is 0.457. The topological polar surface area (TPSA) is 47.0 Å². The number of benzene rings is 1. The van der Waals surface area contributed by atoms with Crippen molar-refractivity contribution in [3.8, 4) is 11.6 Å². The van der Waals surface area contributed by atoms with E-state index in [9.17, 15) is 0 Å². The van der Waals surface area contributed by atoms with Gasteiger partial charge in [0.25, 0.3) is 0 Å². The zero-order valence-corrected chi connectivity index (χ0v) is 11.6. The largest absolute Gasteiger partial charge is 0.439 e. The maximum Gasteiger partial charge on any atom is 0.227 e. The van der Waals surface area contributed by atoms with Crippen molar-refractivity contribution in [2.24, 2.45) is 0 Å². The summed E-state index contributed by atoms with van der Waals surface area (Å²) in [5.74, 6) is 2.17. The molecule has 0 saturated heterocycles. The van der Waals surface area contributed by atoms with Crippen LogP contribution < -0.4 is 10.1 Å². The van der Waals surface area contributed by atoms with Gasteiger partial charge in [-0.1, -0.05) is 25.5 Å². The van der Waals surface area contributed by atoms with E-state index in [0.29, 0.717) is 5.88 Å². The van der Waals surface area contributed by atoms with Crippen LogP contribution in [-0.4, -0.2) is 17.0 Å². The predicted octanol–water partition coefficient (Wildman–Crippen LogP) is 3.57. The molecular weight excluding hydrogens is 238 g/mol. The van der Waals surface area contributed by atoms with Crippen molar-refractivity contribution >= 4 is 5.82 Å². The van der Waals surface area contributed by atoms with Gasteiger partial charge in [0.2, 0.25) is 5.88 Å². The van der Waals surface area contributed by atoms with Crippen LogP contribution in [-0.2, 0) is 6.42 Å². The molecule has 0 bridgehead atoms. The molecule has 0 aliphatic carbocycles. The van der Waals surface area contributed by atoms with Gasteiger partial charge in [0.1, 0.15) is 17.9 Å². The fraction of sp³-hybridized carbons (Fsp3) is 0.333. The molecule has 0 atom stereocenters. The number of anilines is 1. The zero-order valence-electron chi connectivity index (χ0n) is 11.6. The molecule has 1 aromatic heterocycles. The monoisotopic (exact) mass is 257 g/mol. The van der Waals surface area contributed by atoms with E-state index in [-0.39, 0.29) is 0 Å². The highest BCUT2D eigenvalue weighted by atomic mass is 16.5. The van der Waals surface area contributed by atoms with Crippen LogP contribution in [0.4, 0.5) is 5.82 Å². The molecule has 2 rings (SSSR count). The van der Waals surface area contributed by atoms with Gasteiger partial charge in [-0.05, 0) is 31.0 Å². The smallest absolute Gasteiger partial charge is 0.227 e. The Hall–Kier alpha value is -2.10. The van der Waals surface area contributed by atoms with E-state index in [1.54, 1.807) is 0 Å². The molecule has 0 unspecified atom stereocenters. The lowest BCUT2D eigenvalue weighted by Crippen LogP contribution is -1.99. The van der Waals surface area contributed by atoms with Crippen LogP contribution in [0.1, 0.15) is 24.5 Å². The quantitative estimate of drug-likeness (QED) is 0.889. The average molecular weight is 257 g/mol. The minimum atomic E-state index is 0.586. The van der Waals surface area contributed by atoms with Gasteiger partial charge in [-0.15, -0.1) is 0 Å². The van der Waals surface area contributed by atoms with Gasteiger partial charge < -0.3 is 10.1 Å². The predicted molar refractivity (Wildman–Crippen MR) is 76.8 cm³/mol. The van der Waals surface area contributed by atoms with Crippen LogP contribution in [0.3, 0.4) is 0 Å². The summed E-state index contributed by atoms with van der Waals surface area (Å²) in [6, 6.07) is 8.14. The number of nitrogens with zero attached hydrogens (tertiary/aromatic N) is 2. The molecule has 0 amide bonds. The van der Waals surface area contributed by atoms with E-state index in [0.717, 1.165) is 30.0 Å². The van der Waals surface area contributed by atoms with E-state index in [4.69, 9.17) is 4.74 Å². The first-order valence-corrected chi connectivity index (χ1v) is 6.50. The summed E-state index contributed by atoms with van der Waals surface area (Å²) in [5, 5.41) is 3.02. The van der Waals surface area contributed by atoms with Crippen molar-refractivity contribution in [2.45, 2.75) is 26.7 Å². The number of aryl methyl sites for hydroxylation is 1. The third-order valence-electron chi connectivity index (χ3n) is 2.95. The lowest BCUT2D eigenvalue weighted by atomic mass is 10.1. The molecular formula is C15H19N3O. The number of hydrogen-bond acceptors (Lipinski definition) is 4. The standard InChI is InChI=1S/C15H19N3O/c1-4-5-12-6-8-13(9-7-12)19-15-11(2)14(16-3)17-10-18-15/h6-10H,4-5H2,1-3H3,(H,16,17,18). The fourth-order valence-electron chi connectivity index (χ4n) is 1.91. The molecule has 19 heavy (non-hydrogen) atoms. The fourth-order valence-corrected chi connectivity index (χ4v) is 1.91. The molecule has 0 fully saturated rings. The van der Waals surface area contributed by atoms with Crippen LogP contribution in [0, 0.1) is 6.92 Å². The number of hydrogen-bond donors (Lipinski definition) is 1. The highest BCUT2D eigenvalue weighted by Gasteiger charge is 2.07. The van der Waals surface area contributed by atoms with E-state index in [1.165, 1.54) is 11.9 Å². The summed E-state index contributed by atoms with van der Waals surface area (Å²) in [6.07, 6.45) is 3.74. The van der Waals surface area contributed by atoms with Crippen molar-refractivity contribution in [1.29, 1.82) is 0 Å². The van der Waals surface area contributed by atoms with Gasteiger partial charge in [0.05, 0.1) is 5.56 Å². The summed E-state index contributed by atoms with van der Waals surface area (Å²) in [6.45, 7) is 4.11. The van der Waals surface area contributed by atoms with Crippen LogP contribution in [0.25, 0.3) is 0 Å². The second-order valence-corrected chi connectivity index (χ2v) is 4.40. The summed E-state index contributed by atoms with van der Waals surface area (Å²) in [4.78, 5) is 8.30. The molecule has 1 aromatic carbocycles. The summed E-state index contributed by atoms with van der Waals surface area (Å²) >= 11 is 0. The second-order valence-electron chi connectivity index (χ2n) is 4.40. The molecule has 4 heteroatoms. The SMILES string of the molecule is CCCc1ccc(Oc2ncnc(NC)c2C)cc1. The minimum Gasteiger partial charge on any atom is -0.439 e. The van der Waals surface area contributed by atoms with Crippen molar-refractivity contribution in [1.82, 2.24) is 9.97 Å². The van der Waals surface area contributed by atoms with Crippen molar-refractivity contribution in [3.05, 3.63) is 41.7 Å². The van der Waals surface area contributed by atoms with Crippen molar-refractivity contribution in [3.63, 3.8) is 0 Å². The van der Waals surface area contributed by atoms with Crippen molar-refractivity contribution in [2.75, 3.05) is 12.4 Å². The third kappa shape index (κ3) is 3.22. The van der Waals surface area contributed by atoms with Gasteiger partial charge >= 0.3 is 0 Å². The summed E-state index contributed by atoms with van der Waals surface area (Å²) < 4.78 is 5.79. The highest BCUT2D eigenvalue weighted by Crippen LogP contribution is 2.26. The molecule has 0 aliphatic heterocycles. The van der Waals surface area contributed by atoms with E-state index in [2.05, 4.69) is 34.3 Å². The van der Waals surface area contributed by atoms with E-state index in [1.807, 2.05) is 26.1 Å². The Labute approximate surface area is 113 Å². The van der Waals surface area contributed by atoms with Crippen molar-refractivity contribution < 1.29 is 4.74 Å². The molecule has 0 aliphatic rings. The molecule has 0 spiro atoms. The second kappa shape index (κ2) is 6.18. The maximum absolute atomic E-state index is 5.79. The average Bonchev–Trinajstić information content (AvgIpc) is 2.43. The van der Waals surface area contributed by atoms with Gasteiger partial charge in [-0.25, -0.2) is 9.97 Å². The molecule has 2 aromatic rings. The Kier molecular flexibility index (Phi) is 4.34. The van der Waals surface area contributed by atoms with Gasteiger partial charge in [-0.2, -0.15) is 0 Å². The summed E-state index contributed by atoms with van der Waals surface area (Å²) in [5.41, 5.74) is 2.23. The zero-order chi connectivity index (χ0) is 13.7. The Balaban J connectivity index is 2.16. The number of nitrogens with one attached hydrogen (secondary N) is 1. The molecule has 1 N–H and O–H groups in total. The van der Waals surface area contributed by atoms with Gasteiger partial charge in [0, 0.05) is 7.05 Å². The Bertz CT molecular complexity index is 538. The van der Waals surface area contributed by atoms with Crippen LogP contribution in [0.15, 0.2) is 30.6 Å². The van der Waals surface area contributed by atoms with Crippen LogP contribution in [0.5, 0.6) is 11.6 Å². The number of ether oxygens (including phenoxy) is 1. The van der Waals surface area contributed by atoms with Gasteiger partial charge in [-0.3, -0.25) is 0 Å². The Morgan fingerprint density at radius 1 is 1.16 bits per heavy atom. The minimum absolute atomic E-state index is 0.586. The Morgan fingerprint density at radius 3 is 2.53 bits per heavy atom. The molecule has 1 heterocycles. The lowest BCUT2D eigenvalue weighted by Gasteiger charge is -2.10. The molecule has 0 saturated carbocycles. The summed E-state index contributed by atoms with van der Waals surface area (Å²) in [7, 11) is 1.83. The van der Waals surface area contributed by atoms with Gasteiger partial charge in [0.15, 0.2) is 0 Å². The number of rotatable bonds is 5. The van der Waals surface area contributed by atoms with Crippen LogP contribution in [0.2, 0.25) is 0 Å². The number of aromatic nitrogens is 2. The van der Waals surface area contributed by atoms with E-state index < -0.39 is 0 Å². The first-order chi connectivity index (χ1) is 9.24. The Morgan fingerprint density at radius 2 is 1.89 bits per heavy atom. The molecule has 100 valence electrons. The van der Waals surface area contributed by atoms with E-state index >= 15 is 0 Å². The normalized spacial score (nSPS) is 10.3. The first-order valence-electron chi connectivity index (χ1n) is 6.50. The third-order valence-corrected chi connectivity index (χ3v) is 2.95. The maximum atomic E-state index is 5.79. The first kappa shape index (κ1) is 13.3. The van der Waals surface area contributed by atoms with Crippen LogP contribution >= 0.6 is 0 Å².